The molecule has 6 nitrogen and oxygen atoms in total. The maximum absolute atomic E-state index is 12.5. The van der Waals surface area contributed by atoms with Crippen molar-refractivity contribution in [2.24, 2.45) is 0 Å². The molecule has 1 heterocycles. The van der Waals surface area contributed by atoms with E-state index < -0.39 is 0 Å². The Labute approximate surface area is 168 Å². The largest absolute Gasteiger partial charge is 0.497 e. The normalized spacial score (nSPS) is 10.6. The van der Waals surface area contributed by atoms with Crippen LogP contribution in [0.5, 0.6) is 5.75 Å². The number of hydrogen-bond acceptors (Lipinski definition) is 4. The summed E-state index contributed by atoms with van der Waals surface area (Å²) in [5.74, 6) is 0.684. The van der Waals surface area contributed by atoms with Gasteiger partial charge < -0.3 is 25.0 Å². The number of rotatable bonds is 7. The van der Waals surface area contributed by atoms with Gasteiger partial charge in [0.25, 0.3) is 5.56 Å². The highest BCUT2D eigenvalue weighted by atomic mass is 32.1. The van der Waals surface area contributed by atoms with Crippen molar-refractivity contribution in [2.45, 2.75) is 13.1 Å². The van der Waals surface area contributed by atoms with E-state index in [-0.39, 0.29) is 12.2 Å². The van der Waals surface area contributed by atoms with Crippen LogP contribution in [0.15, 0.2) is 59.4 Å². The molecule has 0 fully saturated rings. The van der Waals surface area contributed by atoms with Gasteiger partial charge in [-0.2, -0.15) is 0 Å². The first-order valence-corrected chi connectivity index (χ1v) is 9.39. The first-order valence-electron chi connectivity index (χ1n) is 8.98. The van der Waals surface area contributed by atoms with Crippen LogP contribution < -0.4 is 15.6 Å². The fraction of sp³-hybridized carbons (Fsp3) is 0.238. The number of aromatic nitrogens is 1. The summed E-state index contributed by atoms with van der Waals surface area (Å²) in [6.07, 6.45) is 0. The van der Waals surface area contributed by atoms with E-state index in [1.165, 1.54) is 0 Å². The third kappa shape index (κ3) is 4.88. The lowest BCUT2D eigenvalue weighted by molar-refractivity contribution is 0.245. The van der Waals surface area contributed by atoms with Gasteiger partial charge in [0.05, 0.1) is 25.8 Å². The zero-order chi connectivity index (χ0) is 19.9. The summed E-state index contributed by atoms with van der Waals surface area (Å²) in [6.45, 7) is 1.16. The maximum Gasteiger partial charge on any atom is 0.253 e. The fourth-order valence-electron chi connectivity index (χ4n) is 2.93. The standard InChI is InChI=1S/C21H23N3O3S/c1-27-18-8-7-16-11-17(20(26)23-19(16)12-18)14-24(9-10-25)21(28)22-13-15-5-3-2-4-6-15/h2-8,11-12,25H,9-10,13-14H2,1H3,(H,22,28)(H,23,26). The average molecular weight is 398 g/mol. The van der Waals surface area contributed by atoms with Gasteiger partial charge in [0, 0.05) is 24.7 Å². The van der Waals surface area contributed by atoms with Gasteiger partial charge >= 0.3 is 0 Å². The highest BCUT2D eigenvalue weighted by Gasteiger charge is 2.13. The Bertz CT molecular complexity index is 1000. The van der Waals surface area contributed by atoms with E-state index in [0.717, 1.165) is 10.9 Å². The number of fused-ring (bicyclic) bond motifs is 1. The Balaban J connectivity index is 1.76. The van der Waals surface area contributed by atoms with E-state index in [1.54, 1.807) is 18.1 Å². The smallest absolute Gasteiger partial charge is 0.253 e. The van der Waals surface area contributed by atoms with Crippen LogP contribution in [0.25, 0.3) is 10.9 Å². The molecule has 0 saturated carbocycles. The number of nitrogens with one attached hydrogen (secondary N) is 2. The first-order chi connectivity index (χ1) is 13.6. The van der Waals surface area contributed by atoms with Crippen LogP contribution in [0.1, 0.15) is 11.1 Å². The van der Waals surface area contributed by atoms with Crippen molar-refractivity contribution in [3.8, 4) is 5.75 Å². The second-order valence-electron chi connectivity index (χ2n) is 6.37. The third-order valence-corrected chi connectivity index (χ3v) is 4.84. The van der Waals surface area contributed by atoms with Crippen LogP contribution in [0.3, 0.4) is 0 Å². The van der Waals surface area contributed by atoms with Crippen molar-refractivity contribution in [2.75, 3.05) is 20.3 Å². The minimum absolute atomic E-state index is 0.0597. The first kappa shape index (κ1) is 19.9. The number of aliphatic hydroxyl groups excluding tert-OH is 1. The minimum atomic E-state index is -0.186. The number of benzene rings is 2. The fourth-order valence-corrected chi connectivity index (χ4v) is 3.16. The van der Waals surface area contributed by atoms with Gasteiger partial charge in [-0.1, -0.05) is 30.3 Å². The number of pyridine rings is 1. The van der Waals surface area contributed by atoms with Crippen LogP contribution in [-0.2, 0) is 13.1 Å². The van der Waals surface area contributed by atoms with Crippen LogP contribution in [0, 0.1) is 0 Å². The van der Waals surface area contributed by atoms with Gasteiger partial charge in [-0.3, -0.25) is 4.79 Å². The van der Waals surface area contributed by atoms with Crippen LogP contribution in [0.2, 0.25) is 0 Å². The molecule has 0 aliphatic heterocycles. The molecular weight excluding hydrogens is 374 g/mol. The molecule has 1 aromatic heterocycles. The molecule has 3 aromatic rings. The highest BCUT2D eigenvalue weighted by molar-refractivity contribution is 7.80. The molecule has 0 unspecified atom stereocenters. The molecule has 0 aliphatic carbocycles. The molecule has 0 atom stereocenters. The molecule has 0 amide bonds. The Kier molecular flexibility index (Phi) is 6.62. The van der Waals surface area contributed by atoms with E-state index in [9.17, 15) is 9.90 Å². The molecule has 0 spiro atoms. The van der Waals surface area contributed by atoms with Crippen molar-refractivity contribution in [1.29, 1.82) is 0 Å². The zero-order valence-electron chi connectivity index (χ0n) is 15.6. The molecule has 7 heteroatoms. The second-order valence-corrected chi connectivity index (χ2v) is 6.75. The molecule has 3 rings (SSSR count). The van der Waals surface area contributed by atoms with Crippen molar-refractivity contribution in [1.82, 2.24) is 15.2 Å². The van der Waals surface area contributed by atoms with Gasteiger partial charge in [0.1, 0.15) is 5.75 Å². The van der Waals surface area contributed by atoms with E-state index in [1.807, 2.05) is 48.5 Å². The van der Waals surface area contributed by atoms with Crippen molar-refractivity contribution >= 4 is 28.2 Å². The zero-order valence-corrected chi connectivity index (χ0v) is 16.5. The molecular formula is C21H23N3O3S. The highest BCUT2D eigenvalue weighted by Crippen LogP contribution is 2.19. The topological polar surface area (TPSA) is 77.6 Å². The van der Waals surface area contributed by atoms with Gasteiger partial charge in [-0.05, 0) is 41.4 Å². The number of methoxy groups -OCH3 is 1. The lowest BCUT2D eigenvalue weighted by Crippen LogP contribution is -2.41. The summed E-state index contributed by atoms with van der Waals surface area (Å²) >= 11 is 5.49. The van der Waals surface area contributed by atoms with Gasteiger partial charge in [-0.15, -0.1) is 0 Å². The number of ether oxygens (including phenoxy) is 1. The van der Waals surface area contributed by atoms with E-state index in [0.29, 0.717) is 41.6 Å². The molecule has 2 aromatic carbocycles. The Hall–Kier alpha value is -2.90. The molecule has 0 bridgehead atoms. The average Bonchev–Trinajstić information content (AvgIpc) is 2.72. The third-order valence-electron chi connectivity index (χ3n) is 4.43. The van der Waals surface area contributed by atoms with E-state index in [4.69, 9.17) is 17.0 Å². The van der Waals surface area contributed by atoms with Crippen LogP contribution >= 0.6 is 12.2 Å². The summed E-state index contributed by atoms with van der Waals surface area (Å²) in [7, 11) is 1.59. The van der Waals surface area contributed by atoms with Crippen molar-refractivity contribution < 1.29 is 9.84 Å². The summed E-state index contributed by atoms with van der Waals surface area (Å²) in [5.41, 5.74) is 2.21. The molecule has 3 N–H and O–H groups in total. The Morgan fingerprint density at radius 2 is 2.00 bits per heavy atom. The van der Waals surface area contributed by atoms with E-state index >= 15 is 0 Å². The predicted octanol–water partition coefficient (Wildman–Crippen LogP) is 2.41. The number of aromatic amines is 1. The van der Waals surface area contributed by atoms with Crippen LogP contribution in [-0.4, -0.2) is 40.4 Å². The predicted molar refractivity (Wildman–Crippen MR) is 114 cm³/mol. The van der Waals surface area contributed by atoms with Gasteiger partial charge in [0.2, 0.25) is 0 Å². The van der Waals surface area contributed by atoms with Gasteiger partial charge in [0.15, 0.2) is 5.11 Å². The minimum Gasteiger partial charge on any atom is -0.497 e. The Morgan fingerprint density at radius 1 is 1.21 bits per heavy atom. The van der Waals surface area contributed by atoms with Crippen LogP contribution in [0.4, 0.5) is 0 Å². The lowest BCUT2D eigenvalue weighted by atomic mass is 10.1. The summed E-state index contributed by atoms with van der Waals surface area (Å²) < 4.78 is 5.20. The maximum atomic E-state index is 12.5. The Morgan fingerprint density at radius 3 is 2.71 bits per heavy atom. The number of H-pyrrole nitrogens is 1. The molecule has 0 saturated heterocycles. The monoisotopic (exact) mass is 397 g/mol. The number of nitrogens with zero attached hydrogens (tertiary/aromatic N) is 1. The molecule has 0 aliphatic rings. The quantitative estimate of drug-likeness (QED) is 0.532. The van der Waals surface area contributed by atoms with E-state index in [2.05, 4.69) is 10.3 Å². The molecule has 0 radical (unpaired) electrons. The molecule has 28 heavy (non-hydrogen) atoms. The lowest BCUT2D eigenvalue weighted by Gasteiger charge is -2.25. The van der Waals surface area contributed by atoms with Crippen molar-refractivity contribution in [3.63, 3.8) is 0 Å². The molecule has 146 valence electrons. The number of hydrogen-bond donors (Lipinski definition) is 3. The second kappa shape index (κ2) is 9.34. The summed E-state index contributed by atoms with van der Waals surface area (Å²) in [6, 6.07) is 17.3. The summed E-state index contributed by atoms with van der Waals surface area (Å²) in [5, 5.41) is 14.0. The number of thiocarbonyl (C=S) groups is 1. The number of aliphatic hydroxyl groups is 1. The summed E-state index contributed by atoms with van der Waals surface area (Å²) in [4.78, 5) is 17.2. The SMILES string of the molecule is COc1ccc2cc(CN(CCO)C(=S)NCc3ccccc3)c(=O)[nH]c2c1. The van der Waals surface area contributed by atoms with Crippen molar-refractivity contribution in [3.05, 3.63) is 76.1 Å². The van der Waals surface area contributed by atoms with Gasteiger partial charge in [-0.25, -0.2) is 0 Å².